The maximum atomic E-state index is 12.6. The van der Waals surface area contributed by atoms with Gasteiger partial charge in [-0.25, -0.2) is 0 Å². The molecule has 0 unspecified atom stereocenters. The van der Waals surface area contributed by atoms with E-state index in [9.17, 15) is 4.79 Å². The summed E-state index contributed by atoms with van der Waals surface area (Å²) in [6.07, 6.45) is 0.723. The van der Waals surface area contributed by atoms with Gasteiger partial charge in [0.1, 0.15) is 11.5 Å². The number of hydrogen-bond donors (Lipinski definition) is 1. The summed E-state index contributed by atoms with van der Waals surface area (Å²) in [5.74, 6) is 1.40. The van der Waals surface area contributed by atoms with Gasteiger partial charge in [0.2, 0.25) is 0 Å². The van der Waals surface area contributed by atoms with Crippen LogP contribution in [-0.2, 0) is 0 Å². The summed E-state index contributed by atoms with van der Waals surface area (Å²) in [5, 5.41) is 3.61. The summed E-state index contributed by atoms with van der Waals surface area (Å²) in [5.41, 5.74) is 1.75. The monoisotopic (exact) mass is 353 g/mol. The first kappa shape index (κ1) is 15.8. The lowest BCUT2D eigenvalue weighted by atomic mass is 10.0. The number of furan rings is 1. The standard InChI is InChI=1S/C20H16ClNO3/c21-15-7-3-1-5-13(15)18-9-10-19(25-18)20(23)22-16-11-12-24-17-8-4-2-6-14(16)17/h1-10,16H,11-12H2,(H,22,23)/t16-/m1/s1. The molecule has 1 aromatic heterocycles. The molecule has 1 atom stereocenters. The lowest BCUT2D eigenvalue weighted by Gasteiger charge is -2.26. The van der Waals surface area contributed by atoms with Gasteiger partial charge < -0.3 is 14.5 Å². The average molecular weight is 354 g/mol. The third kappa shape index (κ3) is 3.13. The summed E-state index contributed by atoms with van der Waals surface area (Å²) in [6, 6.07) is 18.5. The van der Waals surface area contributed by atoms with Crippen LogP contribution in [0.1, 0.15) is 28.6 Å². The molecule has 25 heavy (non-hydrogen) atoms. The molecule has 0 fully saturated rings. The smallest absolute Gasteiger partial charge is 0.287 e. The van der Waals surface area contributed by atoms with Crippen LogP contribution >= 0.6 is 11.6 Å². The fourth-order valence-corrected chi connectivity index (χ4v) is 3.22. The number of amides is 1. The predicted molar refractivity (Wildman–Crippen MR) is 95.9 cm³/mol. The lowest BCUT2D eigenvalue weighted by Crippen LogP contribution is -2.31. The molecule has 5 heteroatoms. The van der Waals surface area contributed by atoms with E-state index in [2.05, 4.69) is 5.32 Å². The molecular formula is C20H16ClNO3. The topological polar surface area (TPSA) is 51.5 Å². The summed E-state index contributed by atoms with van der Waals surface area (Å²) in [4.78, 5) is 12.6. The number of halogens is 1. The van der Waals surface area contributed by atoms with Crippen molar-refractivity contribution < 1.29 is 13.9 Å². The van der Waals surface area contributed by atoms with Gasteiger partial charge >= 0.3 is 0 Å². The van der Waals surface area contributed by atoms with Crippen LogP contribution in [0.15, 0.2) is 65.1 Å². The third-order valence-electron chi connectivity index (χ3n) is 4.23. The number of ether oxygens (including phenoxy) is 1. The van der Waals surface area contributed by atoms with Crippen molar-refractivity contribution in [1.29, 1.82) is 0 Å². The molecule has 0 saturated heterocycles. The summed E-state index contributed by atoms with van der Waals surface area (Å²) in [6.45, 7) is 0.574. The highest BCUT2D eigenvalue weighted by molar-refractivity contribution is 6.33. The molecule has 4 rings (SSSR count). The minimum atomic E-state index is -0.250. The van der Waals surface area contributed by atoms with Crippen LogP contribution in [0, 0.1) is 0 Å². The normalized spacial score (nSPS) is 16.0. The maximum absolute atomic E-state index is 12.6. The van der Waals surface area contributed by atoms with Gasteiger partial charge in [-0.15, -0.1) is 0 Å². The Labute approximate surface area is 150 Å². The number of carbonyl (C=O) groups excluding carboxylic acids is 1. The quantitative estimate of drug-likeness (QED) is 0.732. The lowest BCUT2D eigenvalue weighted by molar-refractivity contribution is 0.0897. The second kappa shape index (κ2) is 6.65. The number of fused-ring (bicyclic) bond motifs is 1. The van der Waals surface area contributed by atoms with Gasteiger partial charge in [-0.1, -0.05) is 41.9 Å². The van der Waals surface area contributed by atoms with Crippen LogP contribution in [-0.4, -0.2) is 12.5 Å². The summed E-state index contributed by atoms with van der Waals surface area (Å²) >= 11 is 6.18. The Morgan fingerprint density at radius 2 is 1.84 bits per heavy atom. The molecule has 4 nitrogen and oxygen atoms in total. The molecule has 0 bridgehead atoms. The molecule has 0 spiro atoms. The fourth-order valence-electron chi connectivity index (χ4n) is 2.99. The van der Waals surface area contributed by atoms with E-state index >= 15 is 0 Å². The molecule has 0 radical (unpaired) electrons. The van der Waals surface area contributed by atoms with Crippen molar-refractivity contribution in [3.05, 3.63) is 77.0 Å². The number of nitrogens with one attached hydrogen (secondary N) is 1. The van der Waals surface area contributed by atoms with Crippen LogP contribution in [0.2, 0.25) is 5.02 Å². The average Bonchev–Trinajstić information content (AvgIpc) is 3.12. The highest BCUT2D eigenvalue weighted by Gasteiger charge is 2.24. The van der Waals surface area contributed by atoms with Crippen LogP contribution in [0.4, 0.5) is 0 Å². The van der Waals surface area contributed by atoms with Gasteiger partial charge in [-0.2, -0.15) is 0 Å². The SMILES string of the molecule is O=C(N[C@@H]1CCOc2ccccc21)c1ccc(-c2ccccc2Cl)o1. The molecule has 3 aromatic rings. The van der Waals surface area contributed by atoms with Gasteiger partial charge in [-0.05, 0) is 30.3 Å². The first-order valence-electron chi connectivity index (χ1n) is 8.10. The van der Waals surface area contributed by atoms with Crippen molar-refractivity contribution in [2.24, 2.45) is 0 Å². The molecular weight excluding hydrogens is 338 g/mol. The van der Waals surface area contributed by atoms with Gasteiger partial charge in [0.25, 0.3) is 5.91 Å². The Morgan fingerprint density at radius 3 is 2.72 bits per heavy atom. The predicted octanol–water partition coefficient (Wildman–Crippen LogP) is 4.85. The Hall–Kier alpha value is -2.72. The second-order valence-electron chi connectivity index (χ2n) is 5.84. The highest BCUT2D eigenvalue weighted by atomic mass is 35.5. The van der Waals surface area contributed by atoms with Crippen molar-refractivity contribution in [3.63, 3.8) is 0 Å². The highest BCUT2D eigenvalue weighted by Crippen LogP contribution is 2.32. The van der Waals surface area contributed by atoms with E-state index in [1.807, 2.05) is 42.5 Å². The van der Waals surface area contributed by atoms with Crippen molar-refractivity contribution in [2.75, 3.05) is 6.61 Å². The molecule has 2 heterocycles. The summed E-state index contributed by atoms with van der Waals surface area (Å²) < 4.78 is 11.3. The molecule has 0 aliphatic carbocycles. The van der Waals surface area contributed by atoms with Crippen LogP contribution < -0.4 is 10.1 Å². The number of rotatable bonds is 3. The van der Waals surface area contributed by atoms with Crippen molar-refractivity contribution in [2.45, 2.75) is 12.5 Å². The van der Waals surface area contributed by atoms with E-state index in [-0.39, 0.29) is 17.7 Å². The maximum Gasteiger partial charge on any atom is 0.287 e. The molecule has 1 N–H and O–H groups in total. The van der Waals surface area contributed by atoms with Crippen LogP contribution in [0.3, 0.4) is 0 Å². The fraction of sp³-hybridized carbons (Fsp3) is 0.150. The van der Waals surface area contributed by atoms with E-state index in [4.69, 9.17) is 20.8 Å². The zero-order valence-corrected chi connectivity index (χ0v) is 14.1. The first-order chi connectivity index (χ1) is 12.2. The molecule has 1 aliphatic rings. The Morgan fingerprint density at radius 1 is 1.04 bits per heavy atom. The van der Waals surface area contributed by atoms with E-state index in [0.29, 0.717) is 17.4 Å². The first-order valence-corrected chi connectivity index (χ1v) is 8.47. The Bertz CT molecular complexity index is 919. The minimum Gasteiger partial charge on any atom is -0.493 e. The largest absolute Gasteiger partial charge is 0.493 e. The number of carbonyl (C=O) groups is 1. The van der Waals surface area contributed by atoms with Gasteiger partial charge in [0.15, 0.2) is 5.76 Å². The van der Waals surface area contributed by atoms with E-state index in [1.165, 1.54) is 0 Å². The molecule has 0 saturated carbocycles. The third-order valence-corrected chi connectivity index (χ3v) is 4.56. The van der Waals surface area contributed by atoms with Crippen LogP contribution in [0.5, 0.6) is 5.75 Å². The molecule has 126 valence electrons. The molecule has 1 amide bonds. The van der Waals surface area contributed by atoms with E-state index < -0.39 is 0 Å². The van der Waals surface area contributed by atoms with Gasteiger partial charge in [0.05, 0.1) is 17.7 Å². The van der Waals surface area contributed by atoms with Crippen molar-refractivity contribution in [1.82, 2.24) is 5.32 Å². The number of para-hydroxylation sites is 1. The molecule has 1 aliphatic heterocycles. The second-order valence-corrected chi connectivity index (χ2v) is 6.25. The zero-order valence-electron chi connectivity index (χ0n) is 13.4. The van der Waals surface area contributed by atoms with Gasteiger partial charge in [0, 0.05) is 17.5 Å². The van der Waals surface area contributed by atoms with Crippen LogP contribution in [0.25, 0.3) is 11.3 Å². The summed E-state index contributed by atoms with van der Waals surface area (Å²) in [7, 11) is 0. The van der Waals surface area contributed by atoms with Crippen molar-refractivity contribution in [3.8, 4) is 17.1 Å². The Kier molecular flexibility index (Phi) is 4.20. The van der Waals surface area contributed by atoms with E-state index in [0.717, 1.165) is 23.3 Å². The zero-order chi connectivity index (χ0) is 17.2. The minimum absolute atomic E-state index is 0.0914. The Balaban J connectivity index is 1.54. The molecule has 2 aromatic carbocycles. The van der Waals surface area contributed by atoms with Gasteiger partial charge in [-0.3, -0.25) is 4.79 Å². The number of benzene rings is 2. The van der Waals surface area contributed by atoms with E-state index in [1.54, 1.807) is 18.2 Å². The number of hydrogen-bond acceptors (Lipinski definition) is 3. The van der Waals surface area contributed by atoms with Crippen molar-refractivity contribution >= 4 is 17.5 Å².